The fourth-order valence-electron chi connectivity index (χ4n) is 5.18. The van der Waals surface area contributed by atoms with Crippen LogP contribution in [0.1, 0.15) is 40.0 Å². The second-order valence-electron chi connectivity index (χ2n) is 7.61. The van der Waals surface area contributed by atoms with Crippen molar-refractivity contribution in [2.75, 3.05) is 6.61 Å². The van der Waals surface area contributed by atoms with E-state index in [0.29, 0.717) is 6.42 Å². The maximum Gasteiger partial charge on any atom is 0.306 e. The van der Waals surface area contributed by atoms with Crippen LogP contribution in [0.4, 0.5) is 0 Å². The largest absolute Gasteiger partial charge is 0.465 e. The van der Waals surface area contributed by atoms with E-state index in [4.69, 9.17) is 4.74 Å². The number of cyclic esters (lactones) is 1. The Morgan fingerprint density at radius 1 is 1.19 bits per heavy atom. The fourth-order valence-corrected chi connectivity index (χ4v) is 5.18. The Morgan fingerprint density at radius 2 is 1.81 bits per heavy atom. The van der Waals surface area contributed by atoms with Crippen LogP contribution in [0.5, 0.6) is 0 Å². The number of carbonyl (C=O) groups is 1. The molecule has 2 bridgehead atoms. The normalized spacial score (nSPS) is 60.1. The summed E-state index contributed by atoms with van der Waals surface area (Å²) < 4.78 is 5.22. The van der Waals surface area contributed by atoms with E-state index in [1.807, 2.05) is 6.92 Å². The van der Waals surface area contributed by atoms with Crippen LogP contribution >= 0.6 is 0 Å². The molecule has 0 spiro atoms. The van der Waals surface area contributed by atoms with Crippen LogP contribution in [0.3, 0.4) is 0 Å². The lowest BCUT2D eigenvalue weighted by Crippen LogP contribution is -2.76. The Balaban J connectivity index is 2.29. The number of carbonyl (C=O) groups excluding carboxylic acids is 1. The zero-order chi connectivity index (χ0) is 15.8. The number of rotatable bonds is 0. The van der Waals surface area contributed by atoms with Crippen molar-refractivity contribution in [3.63, 3.8) is 0 Å². The van der Waals surface area contributed by atoms with E-state index >= 15 is 0 Å². The summed E-state index contributed by atoms with van der Waals surface area (Å²) in [6.45, 7) is 4.67. The molecule has 120 valence electrons. The van der Waals surface area contributed by atoms with Gasteiger partial charge in [-0.05, 0) is 25.7 Å². The summed E-state index contributed by atoms with van der Waals surface area (Å²) in [4.78, 5) is 12.0. The topological polar surface area (TPSA) is 107 Å². The summed E-state index contributed by atoms with van der Waals surface area (Å²) in [5.41, 5.74) is -5.65. The van der Waals surface area contributed by atoms with Crippen molar-refractivity contribution in [3.05, 3.63) is 0 Å². The first-order valence-corrected chi connectivity index (χ1v) is 7.49. The van der Waals surface area contributed by atoms with Crippen LogP contribution in [0.15, 0.2) is 0 Å². The predicted octanol–water partition coefficient (Wildman–Crippen LogP) is -0.427. The van der Waals surface area contributed by atoms with Gasteiger partial charge in [-0.2, -0.15) is 0 Å². The third kappa shape index (κ3) is 1.40. The van der Waals surface area contributed by atoms with E-state index in [2.05, 4.69) is 0 Å². The van der Waals surface area contributed by atoms with Gasteiger partial charge in [0.2, 0.25) is 0 Å². The van der Waals surface area contributed by atoms with Gasteiger partial charge in [-0.15, -0.1) is 0 Å². The van der Waals surface area contributed by atoms with Gasteiger partial charge in [0.05, 0.1) is 29.6 Å². The molecular weight excluding hydrogens is 276 g/mol. The second-order valence-corrected chi connectivity index (χ2v) is 7.61. The van der Waals surface area contributed by atoms with Gasteiger partial charge in [-0.3, -0.25) is 4.79 Å². The van der Waals surface area contributed by atoms with Crippen LogP contribution < -0.4 is 0 Å². The van der Waals surface area contributed by atoms with Crippen LogP contribution in [0, 0.1) is 16.7 Å². The lowest BCUT2D eigenvalue weighted by atomic mass is 9.45. The molecule has 3 fully saturated rings. The van der Waals surface area contributed by atoms with Crippen molar-refractivity contribution < 1.29 is 30.0 Å². The van der Waals surface area contributed by atoms with Gasteiger partial charge in [0.1, 0.15) is 12.2 Å². The molecular formula is C15H24O6. The molecule has 0 radical (unpaired) electrons. The zero-order valence-corrected chi connectivity index (χ0v) is 12.7. The highest BCUT2D eigenvalue weighted by Gasteiger charge is 2.79. The summed E-state index contributed by atoms with van der Waals surface area (Å²) in [7, 11) is 0. The molecule has 0 amide bonds. The van der Waals surface area contributed by atoms with E-state index in [9.17, 15) is 25.2 Å². The predicted molar refractivity (Wildman–Crippen MR) is 72.1 cm³/mol. The monoisotopic (exact) mass is 300 g/mol. The first-order valence-electron chi connectivity index (χ1n) is 7.49. The van der Waals surface area contributed by atoms with Gasteiger partial charge < -0.3 is 25.2 Å². The van der Waals surface area contributed by atoms with Gasteiger partial charge in [-0.25, -0.2) is 0 Å². The summed E-state index contributed by atoms with van der Waals surface area (Å²) in [5, 5.41) is 43.3. The molecule has 1 saturated heterocycles. The zero-order valence-electron chi connectivity index (χ0n) is 12.7. The minimum absolute atomic E-state index is 0.0511. The Labute approximate surface area is 123 Å². The Bertz CT molecular complexity index is 491. The van der Waals surface area contributed by atoms with Gasteiger partial charge in [0.15, 0.2) is 0 Å². The number of aliphatic hydroxyl groups is 4. The maximum atomic E-state index is 12.0. The number of hydrogen-bond acceptors (Lipinski definition) is 6. The average molecular weight is 300 g/mol. The van der Waals surface area contributed by atoms with Crippen molar-refractivity contribution in [2.24, 2.45) is 16.7 Å². The second kappa shape index (κ2) is 3.98. The Morgan fingerprint density at radius 3 is 2.43 bits per heavy atom. The highest BCUT2D eigenvalue weighted by molar-refractivity contribution is 5.72. The Kier molecular flexibility index (Phi) is 2.89. The number of hydrogen-bond donors (Lipinski definition) is 4. The quantitative estimate of drug-likeness (QED) is 0.452. The van der Waals surface area contributed by atoms with E-state index < -0.39 is 40.2 Å². The fraction of sp³-hybridized carbons (Fsp3) is 0.933. The van der Waals surface area contributed by atoms with E-state index in [-0.39, 0.29) is 25.4 Å². The Hall–Kier alpha value is -0.690. The molecule has 4 N–H and O–H groups in total. The molecule has 1 heterocycles. The molecule has 1 aliphatic heterocycles. The van der Waals surface area contributed by atoms with Crippen molar-refractivity contribution in [2.45, 2.75) is 63.4 Å². The SMILES string of the molecule is CC1CC(O)C2(O)C13CC(=O)OCC2(C)C(C)(O)C(O)C3. The van der Waals surface area contributed by atoms with E-state index in [1.54, 1.807) is 6.92 Å². The lowest BCUT2D eigenvalue weighted by Gasteiger charge is -2.63. The van der Waals surface area contributed by atoms with Gasteiger partial charge in [-0.1, -0.05) is 13.8 Å². The molecule has 6 nitrogen and oxygen atoms in total. The molecule has 3 rings (SSSR count). The van der Waals surface area contributed by atoms with Crippen LogP contribution in [0.25, 0.3) is 0 Å². The molecule has 2 saturated carbocycles. The summed E-state index contributed by atoms with van der Waals surface area (Å²) in [6.07, 6.45) is -1.80. The summed E-state index contributed by atoms with van der Waals surface area (Å²) in [5.74, 6) is -0.615. The maximum absolute atomic E-state index is 12.0. The average Bonchev–Trinajstić information content (AvgIpc) is 2.52. The third-order valence-corrected chi connectivity index (χ3v) is 6.91. The molecule has 7 atom stereocenters. The minimum atomic E-state index is -1.67. The van der Waals surface area contributed by atoms with E-state index in [0.717, 1.165) is 0 Å². The van der Waals surface area contributed by atoms with Crippen LogP contribution in [-0.4, -0.2) is 56.4 Å². The molecule has 0 aromatic heterocycles. The lowest BCUT2D eigenvalue weighted by molar-refractivity contribution is -0.315. The highest BCUT2D eigenvalue weighted by Crippen LogP contribution is 2.69. The highest BCUT2D eigenvalue weighted by atomic mass is 16.5. The molecule has 6 heteroatoms. The molecule has 3 aliphatic rings. The van der Waals surface area contributed by atoms with Crippen molar-refractivity contribution >= 4 is 5.97 Å². The standard InChI is InChI=1S/C15H24O6/c1-8-4-9(16)15(20)12(2)7-21-11(18)6-14(8,15)5-10(17)13(12,3)19/h8-10,16-17,19-20H,4-7H2,1-3H3. The van der Waals surface area contributed by atoms with E-state index in [1.165, 1.54) is 6.92 Å². The molecule has 0 aromatic carbocycles. The number of ether oxygens (including phenoxy) is 1. The van der Waals surface area contributed by atoms with Gasteiger partial charge >= 0.3 is 5.97 Å². The summed E-state index contributed by atoms with van der Waals surface area (Å²) in [6, 6.07) is 0. The third-order valence-electron chi connectivity index (χ3n) is 6.91. The van der Waals surface area contributed by atoms with Gasteiger partial charge in [0.25, 0.3) is 0 Å². The van der Waals surface area contributed by atoms with Crippen molar-refractivity contribution in [1.29, 1.82) is 0 Å². The molecule has 2 aliphatic carbocycles. The first-order chi connectivity index (χ1) is 9.53. The van der Waals surface area contributed by atoms with Crippen molar-refractivity contribution in [3.8, 4) is 0 Å². The summed E-state index contributed by atoms with van der Waals surface area (Å²) >= 11 is 0. The number of aliphatic hydroxyl groups excluding tert-OH is 2. The number of esters is 1. The van der Waals surface area contributed by atoms with Crippen molar-refractivity contribution in [1.82, 2.24) is 0 Å². The van der Waals surface area contributed by atoms with Crippen LogP contribution in [0.2, 0.25) is 0 Å². The van der Waals surface area contributed by atoms with Crippen LogP contribution in [-0.2, 0) is 9.53 Å². The molecule has 0 aromatic rings. The smallest absolute Gasteiger partial charge is 0.306 e. The molecule has 21 heavy (non-hydrogen) atoms. The minimum Gasteiger partial charge on any atom is -0.465 e. The first kappa shape index (κ1) is 15.2. The van der Waals surface area contributed by atoms with Gasteiger partial charge in [0, 0.05) is 5.41 Å². The molecule has 7 unspecified atom stereocenters.